The summed E-state index contributed by atoms with van der Waals surface area (Å²) < 4.78 is 28.7. The van der Waals surface area contributed by atoms with E-state index in [1.54, 1.807) is 30.6 Å². The van der Waals surface area contributed by atoms with Crippen LogP contribution in [0.25, 0.3) is 27.5 Å². The second kappa shape index (κ2) is 4.38. The normalized spacial score (nSPS) is 11.3. The first kappa shape index (κ1) is 12.0. The molecule has 0 atom stereocenters. The smallest absolute Gasteiger partial charge is 0.123 e. The van der Waals surface area contributed by atoms with E-state index in [4.69, 9.17) is 0 Å². The number of hydrogen-bond acceptors (Lipinski definition) is 1. The van der Waals surface area contributed by atoms with Crippen molar-refractivity contribution in [3.63, 3.8) is 0 Å². The molecular weight excluding hydrogens is 270 g/mol. The predicted octanol–water partition coefficient (Wildman–Crippen LogP) is 4.46. The Labute approximate surface area is 119 Å². The lowest BCUT2D eigenvalue weighted by molar-refractivity contribution is 0.627. The van der Waals surface area contributed by atoms with E-state index in [2.05, 4.69) is 4.98 Å². The molecule has 0 amide bonds. The van der Waals surface area contributed by atoms with Crippen LogP contribution in [0, 0.1) is 11.6 Å². The zero-order valence-electron chi connectivity index (χ0n) is 10.9. The molecular formula is C17H10F2N2. The van der Waals surface area contributed by atoms with Gasteiger partial charge >= 0.3 is 0 Å². The molecule has 0 spiro atoms. The Hall–Kier alpha value is -2.75. The van der Waals surface area contributed by atoms with Gasteiger partial charge in [0.15, 0.2) is 0 Å². The zero-order valence-corrected chi connectivity index (χ0v) is 10.9. The number of benzene rings is 2. The van der Waals surface area contributed by atoms with Crippen LogP contribution in [0.2, 0.25) is 0 Å². The SMILES string of the molecule is Fc1ccc(-n2c3ccncc3c3cc(F)ccc32)cc1. The lowest BCUT2D eigenvalue weighted by atomic mass is 10.2. The quantitative estimate of drug-likeness (QED) is 0.503. The molecule has 0 unspecified atom stereocenters. The molecule has 2 aromatic heterocycles. The van der Waals surface area contributed by atoms with Gasteiger partial charge in [-0.15, -0.1) is 0 Å². The van der Waals surface area contributed by atoms with Gasteiger partial charge in [-0.3, -0.25) is 4.98 Å². The molecule has 0 radical (unpaired) electrons. The number of rotatable bonds is 1. The minimum atomic E-state index is -0.287. The van der Waals surface area contributed by atoms with Gasteiger partial charge in [0.1, 0.15) is 11.6 Å². The van der Waals surface area contributed by atoms with Crippen LogP contribution in [0.4, 0.5) is 8.78 Å². The Bertz CT molecular complexity index is 956. The minimum Gasteiger partial charge on any atom is -0.309 e. The zero-order chi connectivity index (χ0) is 14.4. The van der Waals surface area contributed by atoms with E-state index in [-0.39, 0.29) is 11.6 Å². The first-order valence-corrected chi connectivity index (χ1v) is 6.54. The van der Waals surface area contributed by atoms with E-state index in [9.17, 15) is 8.78 Å². The number of halogens is 2. The van der Waals surface area contributed by atoms with E-state index in [0.29, 0.717) is 0 Å². The Kier molecular flexibility index (Phi) is 2.51. The van der Waals surface area contributed by atoms with Gasteiger partial charge in [-0.1, -0.05) is 0 Å². The largest absolute Gasteiger partial charge is 0.309 e. The molecule has 102 valence electrons. The molecule has 4 rings (SSSR count). The fraction of sp³-hybridized carbons (Fsp3) is 0. The van der Waals surface area contributed by atoms with Gasteiger partial charge < -0.3 is 4.57 Å². The lowest BCUT2D eigenvalue weighted by Crippen LogP contribution is -1.93. The van der Waals surface area contributed by atoms with Crippen LogP contribution in [0.1, 0.15) is 0 Å². The van der Waals surface area contributed by atoms with E-state index in [1.807, 2.05) is 10.6 Å². The highest BCUT2D eigenvalue weighted by Gasteiger charge is 2.12. The van der Waals surface area contributed by atoms with Gasteiger partial charge in [-0.25, -0.2) is 8.78 Å². The number of nitrogens with zero attached hydrogens (tertiary/aromatic N) is 2. The van der Waals surface area contributed by atoms with E-state index < -0.39 is 0 Å². The molecule has 0 aliphatic carbocycles. The number of pyridine rings is 1. The van der Waals surface area contributed by atoms with Crippen LogP contribution in [-0.4, -0.2) is 9.55 Å². The molecule has 2 heterocycles. The average Bonchev–Trinajstić information content (AvgIpc) is 2.82. The number of fused-ring (bicyclic) bond motifs is 3. The fourth-order valence-electron chi connectivity index (χ4n) is 2.71. The molecule has 4 heteroatoms. The standard InChI is InChI=1S/C17H10F2N2/c18-11-1-4-13(5-2-11)21-16-6-3-12(19)9-14(16)15-10-20-8-7-17(15)21/h1-10H. The molecule has 0 aliphatic heterocycles. The molecule has 0 bridgehead atoms. The summed E-state index contributed by atoms with van der Waals surface area (Å²) in [6.07, 6.45) is 3.41. The van der Waals surface area contributed by atoms with Crippen molar-refractivity contribution < 1.29 is 8.78 Å². The summed E-state index contributed by atoms with van der Waals surface area (Å²) in [7, 11) is 0. The second-order valence-electron chi connectivity index (χ2n) is 4.87. The maximum atomic E-state index is 13.5. The van der Waals surface area contributed by atoms with Crippen LogP contribution in [0.5, 0.6) is 0 Å². The highest BCUT2D eigenvalue weighted by Crippen LogP contribution is 2.31. The molecule has 4 aromatic rings. The summed E-state index contributed by atoms with van der Waals surface area (Å²) in [4.78, 5) is 4.12. The van der Waals surface area contributed by atoms with Crippen molar-refractivity contribution in [3.05, 3.63) is 72.6 Å². The van der Waals surface area contributed by atoms with Crippen molar-refractivity contribution in [2.24, 2.45) is 0 Å². The summed E-state index contributed by atoms with van der Waals surface area (Å²) in [5.41, 5.74) is 2.61. The van der Waals surface area contributed by atoms with Gasteiger partial charge in [0.2, 0.25) is 0 Å². The van der Waals surface area contributed by atoms with Crippen molar-refractivity contribution in [1.29, 1.82) is 0 Å². The van der Waals surface area contributed by atoms with Crippen LogP contribution < -0.4 is 0 Å². The van der Waals surface area contributed by atoms with Crippen molar-refractivity contribution in [2.45, 2.75) is 0 Å². The summed E-state index contributed by atoms with van der Waals surface area (Å²) in [6, 6.07) is 12.8. The van der Waals surface area contributed by atoms with E-state index in [0.717, 1.165) is 27.5 Å². The fourth-order valence-corrected chi connectivity index (χ4v) is 2.71. The number of hydrogen-bond donors (Lipinski definition) is 0. The van der Waals surface area contributed by atoms with Crippen molar-refractivity contribution >= 4 is 21.8 Å². The second-order valence-corrected chi connectivity index (χ2v) is 4.87. The van der Waals surface area contributed by atoms with Crippen LogP contribution in [-0.2, 0) is 0 Å². The summed E-state index contributed by atoms with van der Waals surface area (Å²) in [6.45, 7) is 0. The van der Waals surface area contributed by atoms with E-state index in [1.165, 1.54) is 24.3 Å². The van der Waals surface area contributed by atoms with Gasteiger partial charge in [0.05, 0.1) is 11.0 Å². The van der Waals surface area contributed by atoms with Gasteiger partial charge in [0, 0.05) is 28.9 Å². The summed E-state index contributed by atoms with van der Waals surface area (Å²) >= 11 is 0. The topological polar surface area (TPSA) is 17.8 Å². The van der Waals surface area contributed by atoms with Crippen molar-refractivity contribution in [1.82, 2.24) is 9.55 Å². The summed E-state index contributed by atoms with van der Waals surface area (Å²) in [5.74, 6) is -0.572. The van der Waals surface area contributed by atoms with Gasteiger partial charge in [-0.05, 0) is 48.5 Å². The Morgan fingerprint density at radius 2 is 1.48 bits per heavy atom. The average molecular weight is 280 g/mol. The van der Waals surface area contributed by atoms with Gasteiger partial charge in [0.25, 0.3) is 0 Å². The summed E-state index contributed by atoms with van der Waals surface area (Å²) in [5, 5.41) is 1.67. The molecule has 21 heavy (non-hydrogen) atoms. The van der Waals surface area contributed by atoms with Crippen LogP contribution in [0.3, 0.4) is 0 Å². The predicted molar refractivity (Wildman–Crippen MR) is 78.5 cm³/mol. The minimum absolute atomic E-state index is 0.285. The van der Waals surface area contributed by atoms with Crippen LogP contribution >= 0.6 is 0 Å². The molecule has 0 N–H and O–H groups in total. The molecule has 0 aliphatic rings. The monoisotopic (exact) mass is 280 g/mol. The van der Waals surface area contributed by atoms with Gasteiger partial charge in [-0.2, -0.15) is 0 Å². The molecule has 2 nitrogen and oxygen atoms in total. The third-order valence-corrected chi connectivity index (χ3v) is 3.61. The van der Waals surface area contributed by atoms with E-state index >= 15 is 0 Å². The Morgan fingerprint density at radius 1 is 0.762 bits per heavy atom. The highest BCUT2D eigenvalue weighted by molar-refractivity contribution is 6.08. The third-order valence-electron chi connectivity index (χ3n) is 3.61. The Balaban J connectivity index is 2.17. The maximum Gasteiger partial charge on any atom is 0.123 e. The number of aromatic nitrogens is 2. The molecule has 0 fully saturated rings. The molecule has 2 aromatic carbocycles. The first-order valence-electron chi connectivity index (χ1n) is 6.54. The Morgan fingerprint density at radius 3 is 2.29 bits per heavy atom. The highest BCUT2D eigenvalue weighted by atomic mass is 19.1. The third kappa shape index (κ3) is 1.80. The molecule has 0 saturated carbocycles. The lowest BCUT2D eigenvalue weighted by Gasteiger charge is -2.07. The maximum absolute atomic E-state index is 13.5. The van der Waals surface area contributed by atoms with Crippen molar-refractivity contribution in [3.8, 4) is 5.69 Å². The molecule has 0 saturated heterocycles. The van der Waals surface area contributed by atoms with Crippen molar-refractivity contribution in [2.75, 3.05) is 0 Å². The van der Waals surface area contributed by atoms with Crippen LogP contribution in [0.15, 0.2) is 60.9 Å². The first-order chi connectivity index (χ1) is 10.2.